The van der Waals surface area contributed by atoms with Crippen LogP contribution in [0.5, 0.6) is 0 Å². The van der Waals surface area contributed by atoms with Crippen LogP contribution in [0.1, 0.15) is 37.6 Å². The summed E-state index contributed by atoms with van der Waals surface area (Å²) in [5, 5.41) is 0. The van der Waals surface area contributed by atoms with Gasteiger partial charge in [-0.05, 0) is 13.3 Å². The van der Waals surface area contributed by atoms with Crippen molar-refractivity contribution < 1.29 is 4.42 Å². The molecule has 0 radical (unpaired) electrons. The lowest BCUT2D eigenvalue weighted by molar-refractivity contribution is 0.507. The van der Waals surface area contributed by atoms with E-state index in [1.54, 1.807) is 0 Å². The van der Waals surface area contributed by atoms with Crippen molar-refractivity contribution in [2.24, 2.45) is 0 Å². The van der Waals surface area contributed by atoms with Crippen molar-refractivity contribution in [1.82, 2.24) is 4.98 Å². The minimum absolute atomic E-state index is 0.291. The molecule has 1 aromatic rings. The molecule has 0 aliphatic carbocycles. The van der Waals surface area contributed by atoms with Crippen molar-refractivity contribution in [3.8, 4) is 0 Å². The second-order valence-corrected chi connectivity index (χ2v) is 3.02. The van der Waals surface area contributed by atoms with E-state index in [0.29, 0.717) is 6.01 Å². The average molecular weight is 168 g/mol. The van der Waals surface area contributed by atoms with Gasteiger partial charge in [0.1, 0.15) is 5.76 Å². The predicted molar refractivity (Wildman–Crippen MR) is 48.9 cm³/mol. The van der Waals surface area contributed by atoms with Crippen molar-refractivity contribution in [3.63, 3.8) is 0 Å². The first-order valence-corrected chi connectivity index (χ1v) is 4.45. The molecule has 0 unspecified atom stereocenters. The molecule has 0 spiro atoms. The summed E-state index contributed by atoms with van der Waals surface area (Å²) in [5.41, 5.74) is 6.34. The van der Waals surface area contributed by atoms with Crippen molar-refractivity contribution in [1.29, 1.82) is 0 Å². The molecule has 2 N–H and O–H groups in total. The van der Waals surface area contributed by atoms with Gasteiger partial charge in [-0.3, -0.25) is 0 Å². The number of aromatic nitrogens is 1. The number of rotatable bonds is 4. The highest BCUT2D eigenvalue weighted by molar-refractivity contribution is 5.18. The van der Waals surface area contributed by atoms with E-state index in [1.807, 2.05) is 6.92 Å². The molecule has 0 aromatic carbocycles. The van der Waals surface area contributed by atoms with Gasteiger partial charge in [0.15, 0.2) is 0 Å². The lowest BCUT2D eigenvalue weighted by Gasteiger charge is -1.95. The quantitative estimate of drug-likeness (QED) is 0.702. The van der Waals surface area contributed by atoms with Crippen LogP contribution in [0.2, 0.25) is 0 Å². The van der Waals surface area contributed by atoms with Crippen molar-refractivity contribution in [2.75, 3.05) is 5.73 Å². The zero-order chi connectivity index (χ0) is 8.97. The van der Waals surface area contributed by atoms with E-state index >= 15 is 0 Å². The molecule has 0 fully saturated rings. The molecular formula is C9H16N2O. The van der Waals surface area contributed by atoms with E-state index in [-0.39, 0.29) is 0 Å². The summed E-state index contributed by atoms with van der Waals surface area (Å²) in [5.74, 6) is 0.945. The SMILES string of the molecule is CCCCCc1oc(N)nc1C. The number of oxazole rings is 1. The molecule has 0 aliphatic rings. The Hall–Kier alpha value is -0.990. The second kappa shape index (κ2) is 4.14. The fourth-order valence-corrected chi connectivity index (χ4v) is 1.22. The Bertz CT molecular complexity index is 243. The third kappa shape index (κ3) is 2.26. The van der Waals surface area contributed by atoms with Gasteiger partial charge in [0, 0.05) is 6.42 Å². The zero-order valence-electron chi connectivity index (χ0n) is 7.76. The smallest absolute Gasteiger partial charge is 0.292 e. The van der Waals surface area contributed by atoms with Gasteiger partial charge in [-0.15, -0.1) is 0 Å². The van der Waals surface area contributed by atoms with E-state index in [2.05, 4.69) is 11.9 Å². The molecule has 0 atom stereocenters. The molecule has 12 heavy (non-hydrogen) atoms. The Kier molecular flexibility index (Phi) is 3.14. The number of nitrogen functional groups attached to an aromatic ring is 1. The van der Waals surface area contributed by atoms with Crippen LogP contribution in [0.3, 0.4) is 0 Å². The molecule has 0 saturated heterocycles. The van der Waals surface area contributed by atoms with Gasteiger partial charge in [-0.25, -0.2) is 0 Å². The third-order valence-corrected chi connectivity index (χ3v) is 1.92. The molecule has 0 saturated carbocycles. The molecule has 1 rings (SSSR count). The van der Waals surface area contributed by atoms with Gasteiger partial charge in [-0.2, -0.15) is 4.98 Å². The summed E-state index contributed by atoms with van der Waals surface area (Å²) in [7, 11) is 0. The fraction of sp³-hybridized carbons (Fsp3) is 0.667. The molecule has 0 bridgehead atoms. The standard InChI is InChI=1S/C9H16N2O/c1-3-4-5-6-8-7(2)11-9(10)12-8/h3-6H2,1-2H3,(H2,10,11). The Labute approximate surface area is 73.0 Å². The Morgan fingerprint density at radius 3 is 2.67 bits per heavy atom. The summed E-state index contributed by atoms with van der Waals surface area (Å²) in [6, 6.07) is 0.291. The highest BCUT2D eigenvalue weighted by atomic mass is 16.4. The van der Waals surface area contributed by atoms with Crippen LogP contribution in [-0.2, 0) is 6.42 Å². The van der Waals surface area contributed by atoms with Gasteiger partial charge in [-0.1, -0.05) is 19.8 Å². The Morgan fingerprint density at radius 1 is 1.42 bits per heavy atom. The maximum atomic E-state index is 5.41. The van der Waals surface area contributed by atoms with Crippen LogP contribution >= 0.6 is 0 Å². The first-order valence-electron chi connectivity index (χ1n) is 4.45. The normalized spacial score (nSPS) is 10.5. The molecule has 3 nitrogen and oxygen atoms in total. The number of hydrogen-bond acceptors (Lipinski definition) is 3. The number of hydrogen-bond donors (Lipinski definition) is 1. The summed E-state index contributed by atoms with van der Waals surface area (Å²) in [4.78, 5) is 4.00. The third-order valence-electron chi connectivity index (χ3n) is 1.92. The Morgan fingerprint density at radius 2 is 2.17 bits per heavy atom. The van der Waals surface area contributed by atoms with Gasteiger partial charge >= 0.3 is 0 Å². The summed E-state index contributed by atoms with van der Waals surface area (Å²) >= 11 is 0. The minimum atomic E-state index is 0.291. The number of unbranched alkanes of at least 4 members (excludes halogenated alkanes) is 2. The zero-order valence-corrected chi connectivity index (χ0v) is 7.76. The van der Waals surface area contributed by atoms with Crippen molar-refractivity contribution in [3.05, 3.63) is 11.5 Å². The molecule has 1 aromatic heterocycles. The van der Waals surface area contributed by atoms with Crippen LogP contribution in [0.4, 0.5) is 6.01 Å². The molecule has 68 valence electrons. The van der Waals surface area contributed by atoms with E-state index in [0.717, 1.165) is 24.3 Å². The number of nitrogens with zero attached hydrogens (tertiary/aromatic N) is 1. The lowest BCUT2D eigenvalue weighted by atomic mass is 10.1. The van der Waals surface area contributed by atoms with Gasteiger partial charge in [0.05, 0.1) is 5.69 Å². The topological polar surface area (TPSA) is 52.0 Å². The molecular weight excluding hydrogens is 152 g/mol. The average Bonchev–Trinajstić information content (AvgIpc) is 2.31. The number of aryl methyl sites for hydroxylation is 2. The second-order valence-electron chi connectivity index (χ2n) is 3.02. The van der Waals surface area contributed by atoms with Crippen LogP contribution in [0, 0.1) is 6.92 Å². The van der Waals surface area contributed by atoms with Gasteiger partial charge in [0.25, 0.3) is 6.01 Å². The fourth-order valence-electron chi connectivity index (χ4n) is 1.22. The lowest BCUT2D eigenvalue weighted by Crippen LogP contribution is -1.85. The van der Waals surface area contributed by atoms with Gasteiger partial charge < -0.3 is 10.2 Å². The predicted octanol–water partition coefficient (Wildman–Crippen LogP) is 2.30. The van der Waals surface area contributed by atoms with E-state index < -0.39 is 0 Å². The molecule has 3 heteroatoms. The van der Waals surface area contributed by atoms with Crippen molar-refractivity contribution in [2.45, 2.75) is 39.5 Å². The Balaban J connectivity index is 2.45. The first-order chi connectivity index (χ1) is 5.74. The van der Waals surface area contributed by atoms with E-state index in [9.17, 15) is 0 Å². The van der Waals surface area contributed by atoms with Crippen LogP contribution in [0.25, 0.3) is 0 Å². The van der Waals surface area contributed by atoms with Crippen LogP contribution in [-0.4, -0.2) is 4.98 Å². The largest absolute Gasteiger partial charge is 0.429 e. The monoisotopic (exact) mass is 168 g/mol. The molecule has 1 heterocycles. The van der Waals surface area contributed by atoms with Gasteiger partial charge in [0.2, 0.25) is 0 Å². The highest BCUT2D eigenvalue weighted by Crippen LogP contribution is 2.14. The summed E-state index contributed by atoms with van der Waals surface area (Å²) < 4.78 is 5.23. The van der Waals surface area contributed by atoms with E-state index in [4.69, 9.17) is 10.2 Å². The first kappa shape index (κ1) is 9.10. The number of nitrogens with two attached hydrogens (primary N) is 1. The molecule has 0 amide bonds. The molecule has 0 aliphatic heterocycles. The maximum Gasteiger partial charge on any atom is 0.292 e. The summed E-state index contributed by atoms with van der Waals surface area (Å²) in [6.07, 6.45) is 4.58. The summed E-state index contributed by atoms with van der Waals surface area (Å²) in [6.45, 7) is 4.11. The highest BCUT2D eigenvalue weighted by Gasteiger charge is 2.05. The van der Waals surface area contributed by atoms with Crippen LogP contribution < -0.4 is 5.73 Å². The maximum absolute atomic E-state index is 5.41. The minimum Gasteiger partial charge on any atom is -0.429 e. The van der Waals surface area contributed by atoms with Crippen molar-refractivity contribution >= 4 is 6.01 Å². The number of anilines is 1. The van der Waals surface area contributed by atoms with Crippen LogP contribution in [0.15, 0.2) is 4.42 Å². The van der Waals surface area contributed by atoms with E-state index in [1.165, 1.54) is 12.8 Å².